The second-order valence-corrected chi connectivity index (χ2v) is 6.05. The van der Waals surface area contributed by atoms with Crippen molar-refractivity contribution in [2.75, 3.05) is 6.61 Å². The molecule has 0 unspecified atom stereocenters. The van der Waals surface area contributed by atoms with Crippen molar-refractivity contribution in [2.24, 2.45) is 0 Å². The first-order valence-electron chi connectivity index (χ1n) is 7.33. The first kappa shape index (κ1) is 16.6. The Labute approximate surface area is 147 Å². The normalized spacial score (nSPS) is 11.0. The van der Waals surface area contributed by atoms with Crippen LogP contribution in [0.4, 0.5) is 0 Å². The number of ether oxygens (including phenoxy) is 1. The zero-order chi connectivity index (χ0) is 17.3. The van der Waals surface area contributed by atoms with Gasteiger partial charge in [-0.2, -0.15) is 0 Å². The fraction of sp³-hybridized carbons (Fsp3) is 0.176. The third kappa shape index (κ3) is 3.18. The fourth-order valence-corrected chi connectivity index (χ4v) is 2.94. The topological polar surface area (TPSA) is 64.1 Å². The van der Waals surface area contributed by atoms with Crippen LogP contribution in [0.5, 0.6) is 0 Å². The number of halogens is 2. The number of aromatic nitrogens is 2. The Balaban J connectivity index is 2.06. The summed E-state index contributed by atoms with van der Waals surface area (Å²) in [4.78, 5) is 26.9. The van der Waals surface area contributed by atoms with Crippen LogP contribution in [0.15, 0.2) is 41.2 Å². The minimum absolute atomic E-state index is 0.265. The summed E-state index contributed by atoms with van der Waals surface area (Å²) in [6, 6.07) is 10.0. The summed E-state index contributed by atoms with van der Waals surface area (Å²) in [5.74, 6) is -0.427. The maximum absolute atomic E-state index is 12.3. The second-order valence-electron chi connectivity index (χ2n) is 5.20. The van der Waals surface area contributed by atoms with E-state index in [1.165, 1.54) is 4.57 Å². The maximum atomic E-state index is 12.3. The number of carbonyl (C=O) groups excluding carboxylic acids is 1. The van der Waals surface area contributed by atoms with Gasteiger partial charge in [0, 0.05) is 10.0 Å². The minimum atomic E-state index is -0.427. The molecule has 0 aliphatic rings. The number of hydrogen-bond acceptors (Lipinski definition) is 3. The number of nitrogens with one attached hydrogen (secondary N) is 1. The smallest absolute Gasteiger partial charge is 0.338 e. The molecule has 3 aromatic rings. The lowest BCUT2D eigenvalue weighted by Crippen LogP contribution is -2.17. The maximum Gasteiger partial charge on any atom is 0.338 e. The third-order valence-corrected chi connectivity index (χ3v) is 4.22. The second kappa shape index (κ2) is 6.71. The number of H-pyrrole nitrogens is 1. The number of carbonyl (C=O) groups is 1. The highest BCUT2D eigenvalue weighted by Gasteiger charge is 2.13. The van der Waals surface area contributed by atoms with Crippen LogP contribution in [-0.4, -0.2) is 22.1 Å². The molecule has 24 heavy (non-hydrogen) atoms. The van der Waals surface area contributed by atoms with E-state index in [9.17, 15) is 9.59 Å². The molecule has 0 saturated heterocycles. The Morgan fingerprint density at radius 2 is 2.00 bits per heavy atom. The van der Waals surface area contributed by atoms with Gasteiger partial charge in [0.2, 0.25) is 0 Å². The molecule has 3 rings (SSSR count). The van der Waals surface area contributed by atoms with Crippen LogP contribution in [0.25, 0.3) is 11.0 Å². The zero-order valence-corrected chi connectivity index (χ0v) is 14.3. The van der Waals surface area contributed by atoms with E-state index in [-0.39, 0.29) is 18.8 Å². The predicted octanol–water partition coefficient (Wildman–Crippen LogP) is 3.86. The molecular weight excluding hydrogens is 351 g/mol. The number of rotatable bonds is 4. The molecule has 0 spiro atoms. The lowest BCUT2D eigenvalue weighted by molar-refractivity contribution is 0.0526. The first-order valence-corrected chi connectivity index (χ1v) is 8.09. The SMILES string of the molecule is CCOC(=O)c1ccc2[nH]c(=O)n(Cc3ccc(Cl)cc3Cl)c2c1. The summed E-state index contributed by atoms with van der Waals surface area (Å²) in [7, 11) is 0. The largest absolute Gasteiger partial charge is 0.462 e. The average Bonchev–Trinajstić information content (AvgIpc) is 2.85. The highest BCUT2D eigenvalue weighted by molar-refractivity contribution is 6.35. The van der Waals surface area contributed by atoms with Gasteiger partial charge >= 0.3 is 11.7 Å². The van der Waals surface area contributed by atoms with Crippen molar-refractivity contribution < 1.29 is 9.53 Å². The minimum Gasteiger partial charge on any atom is -0.462 e. The van der Waals surface area contributed by atoms with E-state index in [0.717, 1.165) is 5.56 Å². The first-order chi connectivity index (χ1) is 11.5. The van der Waals surface area contributed by atoms with E-state index < -0.39 is 5.97 Å². The zero-order valence-electron chi connectivity index (χ0n) is 12.8. The molecule has 0 amide bonds. The Kier molecular flexibility index (Phi) is 4.64. The van der Waals surface area contributed by atoms with E-state index in [0.29, 0.717) is 26.6 Å². The van der Waals surface area contributed by atoms with Crippen molar-refractivity contribution in [1.82, 2.24) is 9.55 Å². The standard InChI is InChI=1S/C17H14Cl2N2O3/c1-2-24-16(22)10-4-6-14-15(7-10)21(17(23)20-14)9-11-3-5-12(18)8-13(11)19/h3-8H,2,9H2,1H3,(H,20,23). The van der Waals surface area contributed by atoms with Crippen LogP contribution in [0.2, 0.25) is 10.0 Å². The van der Waals surface area contributed by atoms with E-state index in [1.54, 1.807) is 43.3 Å². The Morgan fingerprint density at radius 3 is 2.71 bits per heavy atom. The van der Waals surface area contributed by atoms with Gasteiger partial charge in [-0.05, 0) is 42.8 Å². The monoisotopic (exact) mass is 364 g/mol. The van der Waals surface area contributed by atoms with Crippen LogP contribution >= 0.6 is 23.2 Å². The quantitative estimate of drug-likeness (QED) is 0.714. The van der Waals surface area contributed by atoms with E-state index in [2.05, 4.69) is 4.98 Å². The summed E-state index contributed by atoms with van der Waals surface area (Å²) >= 11 is 12.1. The molecule has 5 nitrogen and oxygen atoms in total. The molecule has 0 aliphatic heterocycles. The van der Waals surface area contributed by atoms with E-state index in [4.69, 9.17) is 27.9 Å². The molecule has 0 aliphatic carbocycles. The van der Waals surface area contributed by atoms with Gasteiger partial charge in [0.25, 0.3) is 0 Å². The van der Waals surface area contributed by atoms with Crippen LogP contribution in [0.1, 0.15) is 22.8 Å². The molecule has 0 atom stereocenters. The van der Waals surface area contributed by atoms with Gasteiger partial charge in [0.05, 0.1) is 29.7 Å². The molecule has 7 heteroatoms. The van der Waals surface area contributed by atoms with Crippen molar-refractivity contribution in [1.29, 1.82) is 0 Å². The van der Waals surface area contributed by atoms with Crippen molar-refractivity contribution in [3.05, 3.63) is 68.1 Å². The summed E-state index contributed by atoms with van der Waals surface area (Å²) < 4.78 is 6.52. The number of fused-ring (bicyclic) bond motifs is 1. The molecule has 0 bridgehead atoms. The summed E-state index contributed by atoms with van der Waals surface area (Å²) in [6.07, 6.45) is 0. The summed E-state index contributed by atoms with van der Waals surface area (Å²) in [5, 5.41) is 1.00. The van der Waals surface area contributed by atoms with Crippen molar-refractivity contribution in [3.8, 4) is 0 Å². The van der Waals surface area contributed by atoms with Gasteiger partial charge in [0.15, 0.2) is 0 Å². The molecule has 0 radical (unpaired) electrons. The van der Waals surface area contributed by atoms with Crippen molar-refractivity contribution >= 4 is 40.2 Å². The summed E-state index contributed by atoms with van der Waals surface area (Å²) in [5.41, 5.74) is 2.11. The average molecular weight is 365 g/mol. The number of nitrogens with zero attached hydrogens (tertiary/aromatic N) is 1. The van der Waals surface area contributed by atoms with Crippen molar-refractivity contribution in [2.45, 2.75) is 13.5 Å². The third-order valence-electron chi connectivity index (χ3n) is 3.63. The number of benzene rings is 2. The van der Waals surface area contributed by atoms with Gasteiger partial charge < -0.3 is 9.72 Å². The van der Waals surface area contributed by atoms with Gasteiger partial charge in [-0.15, -0.1) is 0 Å². The molecule has 0 fully saturated rings. The molecule has 0 saturated carbocycles. The van der Waals surface area contributed by atoms with Crippen LogP contribution in [0, 0.1) is 0 Å². The molecule has 1 heterocycles. The molecule has 1 aromatic heterocycles. The van der Waals surface area contributed by atoms with Crippen molar-refractivity contribution in [3.63, 3.8) is 0 Å². The van der Waals surface area contributed by atoms with Gasteiger partial charge in [-0.25, -0.2) is 9.59 Å². The molecule has 124 valence electrons. The number of aromatic amines is 1. The lowest BCUT2D eigenvalue weighted by Gasteiger charge is -2.07. The fourth-order valence-electron chi connectivity index (χ4n) is 2.47. The Hall–Kier alpha value is -2.24. The van der Waals surface area contributed by atoms with Gasteiger partial charge in [0.1, 0.15) is 0 Å². The molecule has 2 aromatic carbocycles. The number of esters is 1. The van der Waals surface area contributed by atoms with E-state index in [1.807, 2.05) is 0 Å². The van der Waals surface area contributed by atoms with Crippen LogP contribution in [0.3, 0.4) is 0 Å². The van der Waals surface area contributed by atoms with Crippen LogP contribution < -0.4 is 5.69 Å². The van der Waals surface area contributed by atoms with Gasteiger partial charge in [-0.1, -0.05) is 29.3 Å². The highest BCUT2D eigenvalue weighted by atomic mass is 35.5. The van der Waals surface area contributed by atoms with E-state index >= 15 is 0 Å². The Bertz CT molecular complexity index is 976. The van der Waals surface area contributed by atoms with Crippen LogP contribution in [-0.2, 0) is 11.3 Å². The highest BCUT2D eigenvalue weighted by Crippen LogP contribution is 2.23. The van der Waals surface area contributed by atoms with Gasteiger partial charge in [-0.3, -0.25) is 4.57 Å². The Morgan fingerprint density at radius 1 is 1.21 bits per heavy atom. The number of imidazole rings is 1. The molecular formula is C17H14Cl2N2O3. The predicted molar refractivity (Wildman–Crippen MR) is 94.1 cm³/mol. The lowest BCUT2D eigenvalue weighted by atomic mass is 10.2. The summed E-state index contributed by atoms with van der Waals surface area (Å²) in [6.45, 7) is 2.30. The molecule has 1 N–H and O–H groups in total. The number of hydrogen-bond donors (Lipinski definition) is 1.